The first-order valence-electron chi connectivity index (χ1n) is 7.73. The zero-order valence-corrected chi connectivity index (χ0v) is 13.5. The fraction of sp³-hybridized carbons (Fsp3) is 0.647. The van der Waals surface area contributed by atoms with Crippen molar-refractivity contribution in [1.29, 1.82) is 0 Å². The van der Waals surface area contributed by atoms with Crippen molar-refractivity contribution in [3.8, 4) is 0 Å². The number of piperidine rings is 1. The highest BCUT2D eigenvalue weighted by Crippen LogP contribution is 2.42. The van der Waals surface area contributed by atoms with Crippen molar-refractivity contribution in [2.24, 2.45) is 5.92 Å². The molecule has 110 valence electrons. The van der Waals surface area contributed by atoms with Gasteiger partial charge in [0.05, 0.1) is 0 Å². The van der Waals surface area contributed by atoms with E-state index >= 15 is 0 Å². The molecule has 2 atom stereocenters. The SMILES string of the molecule is CC(C)(C)NCc1c(Cl)cccc1N1CC2CCC1C2. The lowest BCUT2D eigenvalue weighted by molar-refractivity contribution is 0.424. The van der Waals surface area contributed by atoms with E-state index in [2.05, 4.69) is 43.1 Å². The standard InChI is InChI=1S/C17H25ClN2/c1-17(2,3)19-10-14-15(18)5-4-6-16(14)20-11-12-7-8-13(20)9-12/h4-6,12-13,19H,7-11H2,1-3H3. The van der Waals surface area contributed by atoms with Crippen LogP contribution < -0.4 is 10.2 Å². The average molecular weight is 293 g/mol. The average Bonchev–Trinajstić information content (AvgIpc) is 2.98. The van der Waals surface area contributed by atoms with Crippen LogP contribution in [-0.4, -0.2) is 18.1 Å². The maximum absolute atomic E-state index is 6.47. The van der Waals surface area contributed by atoms with Gasteiger partial charge in [-0.3, -0.25) is 0 Å². The van der Waals surface area contributed by atoms with Gasteiger partial charge in [0.2, 0.25) is 0 Å². The Kier molecular flexibility index (Phi) is 3.72. The molecule has 1 heterocycles. The Bertz CT molecular complexity index is 492. The third-order valence-corrected chi connectivity index (χ3v) is 4.96. The molecule has 1 aromatic carbocycles. The molecule has 2 nitrogen and oxygen atoms in total. The second-order valence-corrected chi connectivity index (χ2v) is 7.73. The summed E-state index contributed by atoms with van der Waals surface area (Å²) in [5.74, 6) is 0.905. The number of halogens is 1. The smallest absolute Gasteiger partial charge is 0.0471 e. The molecule has 0 radical (unpaired) electrons. The van der Waals surface area contributed by atoms with Crippen LogP contribution in [0, 0.1) is 5.92 Å². The molecule has 20 heavy (non-hydrogen) atoms. The number of nitrogens with one attached hydrogen (secondary N) is 1. The quantitative estimate of drug-likeness (QED) is 0.897. The topological polar surface area (TPSA) is 15.3 Å². The van der Waals surface area contributed by atoms with Gasteiger partial charge in [0.15, 0.2) is 0 Å². The molecule has 1 N–H and O–H groups in total. The molecule has 2 unspecified atom stereocenters. The Balaban J connectivity index is 1.85. The number of nitrogens with zero attached hydrogens (tertiary/aromatic N) is 1. The second-order valence-electron chi connectivity index (χ2n) is 7.33. The van der Waals surface area contributed by atoms with E-state index in [-0.39, 0.29) is 5.54 Å². The zero-order chi connectivity index (χ0) is 14.3. The van der Waals surface area contributed by atoms with Gasteiger partial charge in [0.25, 0.3) is 0 Å². The molecule has 1 aromatic rings. The molecule has 2 bridgehead atoms. The van der Waals surface area contributed by atoms with Crippen molar-refractivity contribution in [2.75, 3.05) is 11.4 Å². The minimum absolute atomic E-state index is 0.112. The van der Waals surface area contributed by atoms with Gasteiger partial charge in [-0.05, 0) is 58.1 Å². The molecule has 1 saturated heterocycles. The third-order valence-electron chi connectivity index (χ3n) is 4.61. The van der Waals surface area contributed by atoms with E-state index < -0.39 is 0 Å². The largest absolute Gasteiger partial charge is 0.368 e. The lowest BCUT2D eigenvalue weighted by Crippen LogP contribution is -2.37. The summed E-state index contributed by atoms with van der Waals surface area (Å²) in [5, 5.41) is 4.47. The number of rotatable bonds is 3. The molecule has 0 spiro atoms. The minimum atomic E-state index is 0.112. The maximum Gasteiger partial charge on any atom is 0.0471 e. The Morgan fingerprint density at radius 3 is 2.70 bits per heavy atom. The van der Waals surface area contributed by atoms with Gasteiger partial charge < -0.3 is 10.2 Å². The summed E-state index contributed by atoms with van der Waals surface area (Å²) in [6, 6.07) is 7.09. The first-order valence-corrected chi connectivity index (χ1v) is 8.11. The van der Waals surface area contributed by atoms with Gasteiger partial charge in [-0.25, -0.2) is 0 Å². The molecule has 1 saturated carbocycles. The fourth-order valence-electron chi connectivity index (χ4n) is 3.56. The molecule has 0 aromatic heterocycles. The lowest BCUT2D eigenvalue weighted by atomic mass is 10.0. The van der Waals surface area contributed by atoms with E-state index in [9.17, 15) is 0 Å². The number of hydrogen-bond acceptors (Lipinski definition) is 2. The highest BCUT2D eigenvalue weighted by atomic mass is 35.5. The van der Waals surface area contributed by atoms with Crippen LogP contribution in [0.4, 0.5) is 5.69 Å². The summed E-state index contributed by atoms with van der Waals surface area (Å²) in [6.45, 7) is 8.64. The van der Waals surface area contributed by atoms with Crippen LogP contribution in [0.2, 0.25) is 5.02 Å². The highest BCUT2D eigenvalue weighted by molar-refractivity contribution is 6.31. The third kappa shape index (κ3) is 2.82. The number of benzene rings is 1. The molecule has 3 heteroatoms. The van der Waals surface area contributed by atoms with Gasteiger partial charge in [-0.1, -0.05) is 17.7 Å². The Hall–Kier alpha value is -0.730. The lowest BCUT2D eigenvalue weighted by Gasteiger charge is -2.32. The van der Waals surface area contributed by atoms with Gasteiger partial charge in [0.1, 0.15) is 0 Å². The van der Waals surface area contributed by atoms with Crippen molar-refractivity contribution in [3.63, 3.8) is 0 Å². The predicted octanol–water partition coefficient (Wildman–Crippen LogP) is 4.22. The monoisotopic (exact) mass is 292 g/mol. The summed E-state index contributed by atoms with van der Waals surface area (Å²) >= 11 is 6.47. The summed E-state index contributed by atoms with van der Waals surface area (Å²) in [4.78, 5) is 2.60. The van der Waals surface area contributed by atoms with E-state index in [4.69, 9.17) is 11.6 Å². The van der Waals surface area contributed by atoms with Crippen LogP contribution in [0.15, 0.2) is 18.2 Å². The first kappa shape index (κ1) is 14.2. The van der Waals surface area contributed by atoms with Crippen molar-refractivity contribution in [1.82, 2.24) is 5.32 Å². The Labute approximate surface area is 127 Å². The Morgan fingerprint density at radius 1 is 1.30 bits per heavy atom. The molecule has 1 aliphatic carbocycles. The van der Waals surface area contributed by atoms with Crippen LogP contribution in [-0.2, 0) is 6.54 Å². The number of fused-ring (bicyclic) bond motifs is 2. The fourth-order valence-corrected chi connectivity index (χ4v) is 3.80. The minimum Gasteiger partial charge on any atom is -0.368 e. The van der Waals surface area contributed by atoms with Gasteiger partial charge in [-0.15, -0.1) is 0 Å². The van der Waals surface area contributed by atoms with E-state index in [0.717, 1.165) is 23.5 Å². The van der Waals surface area contributed by atoms with Crippen molar-refractivity contribution in [2.45, 2.75) is 58.2 Å². The molecule has 3 rings (SSSR count). The highest BCUT2D eigenvalue weighted by Gasteiger charge is 2.38. The molecule has 2 fully saturated rings. The molecule has 0 amide bonds. The molecular formula is C17H25ClN2. The summed E-state index contributed by atoms with van der Waals surface area (Å²) in [7, 11) is 0. The summed E-state index contributed by atoms with van der Waals surface area (Å²) in [6.07, 6.45) is 4.14. The first-order chi connectivity index (χ1) is 9.44. The van der Waals surface area contributed by atoms with Crippen molar-refractivity contribution >= 4 is 17.3 Å². The van der Waals surface area contributed by atoms with E-state index in [1.165, 1.54) is 37.1 Å². The van der Waals surface area contributed by atoms with Crippen molar-refractivity contribution in [3.05, 3.63) is 28.8 Å². The zero-order valence-electron chi connectivity index (χ0n) is 12.7. The van der Waals surface area contributed by atoms with Crippen LogP contribution in [0.5, 0.6) is 0 Å². The molecule has 1 aliphatic heterocycles. The van der Waals surface area contributed by atoms with Crippen molar-refractivity contribution < 1.29 is 0 Å². The maximum atomic E-state index is 6.47. The summed E-state index contributed by atoms with van der Waals surface area (Å²) < 4.78 is 0. The number of hydrogen-bond donors (Lipinski definition) is 1. The van der Waals surface area contributed by atoms with Gasteiger partial charge in [-0.2, -0.15) is 0 Å². The summed E-state index contributed by atoms with van der Waals surface area (Å²) in [5.41, 5.74) is 2.72. The Morgan fingerprint density at radius 2 is 2.10 bits per heavy atom. The molecule has 2 aliphatic rings. The van der Waals surface area contributed by atoms with Crippen LogP contribution in [0.25, 0.3) is 0 Å². The second kappa shape index (κ2) is 5.23. The van der Waals surface area contributed by atoms with E-state index in [1.54, 1.807) is 0 Å². The van der Waals surface area contributed by atoms with Crippen LogP contribution >= 0.6 is 11.6 Å². The van der Waals surface area contributed by atoms with Crippen LogP contribution in [0.1, 0.15) is 45.6 Å². The van der Waals surface area contributed by atoms with Gasteiger partial charge >= 0.3 is 0 Å². The molecular weight excluding hydrogens is 268 g/mol. The van der Waals surface area contributed by atoms with Crippen LogP contribution in [0.3, 0.4) is 0 Å². The van der Waals surface area contributed by atoms with E-state index in [1.807, 2.05) is 6.07 Å². The van der Waals surface area contributed by atoms with E-state index in [0.29, 0.717) is 0 Å². The normalized spacial score (nSPS) is 25.5. The van der Waals surface area contributed by atoms with Gasteiger partial charge in [0, 0.05) is 40.9 Å². The number of anilines is 1. The predicted molar refractivity (Wildman–Crippen MR) is 86.5 cm³/mol.